The highest BCUT2D eigenvalue weighted by Crippen LogP contribution is 2.21. The zero-order chi connectivity index (χ0) is 14.8. The highest BCUT2D eigenvalue weighted by Gasteiger charge is 2.22. The number of nitrogens with zero attached hydrogens (tertiary/aromatic N) is 3. The van der Waals surface area contributed by atoms with Crippen LogP contribution in [-0.4, -0.2) is 48.0 Å². The van der Waals surface area contributed by atoms with Crippen LogP contribution in [0.15, 0.2) is 30.3 Å². The third-order valence-electron chi connectivity index (χ3n) is 4.43. The van der Waals surface area contributed by atoms with Gasteiger partial charge in [0.1, 0.15) is 0 Å². The Morgan fingerprint density at radius 2 is 2.19 bits per heavy atom. The second-order valence-electron chi connectivity index (χ2n) is 6.19. The molecule has 1 saturated heterocycles. The van der Waals surface area contributed by atoms with Gasteiger partial charge in [-0.1, -0.05) is 18.2 Å². The summed E-state index contributed by atoms with van der Waals surface area (Å²) in [6, 6.07) is 10.8. The van der Waals surface area contributed by atoms with Crippen LogP contribution in [0, 0.1) is 0 Å². The van der Waals surface area contributed by atoms with Gasteiger partial charge in [-0.3, -0.25) is 9.88 Å². The summed E-state index contributed by atoms with van der Waals surface area (Å²) in [6.45, 7) is 3.16. The minimum Gasteiger partial charge on any atom is -0.398 e. The maximum Gasteiger partial charge on any atom is 0.0726 e. The number of hydrogen-bond acceptors (Lipinski definition) is 4. The van der Waals surface area contributed by atoms with E-state index in [0.717, 1.165) is 35.4 Å². The summed E-state index contributed by atoms with van der Waals surface area (Å²) in [5.41, 5.74) is 9.01. The third-order valence-corrected chi connectivity index (χ3v) is 4.43. The second-order valence-corrected chi connectivity index (χ2v) is 6.19. The van der Waals surface area contributed by atoms with Gasteiger partial charge in [-0.05, 0) is 45.6 Å². The van der Waals surface area contributed by atoms with Gasteiger partial charge in [0, 0.05) is 30.2 Å². The molecule has 1 aliphatic heterocycles. The zero-order valence-corrected chi connectivity index (χ0v) is 12.9. The van der Waals surface area contributed by atoms with E-state index in [1.165, 1.54) is 19.4 Å². The van der Waals surface area contributed by atoms with Crippen molar-refractivity contribution in [2.24, 2.45) is 0 Å². The number of rotatable bonds is 4. The Kier molecular flexibility index (Phi) is 4.08. The van der Waals surface area contributed by atoms with Crippen LogP contribution in [0.5, 0.6) is 0 Å². The number of fused-ring (bicyclic) bond motifs is 1. The molecule has 1 atom stereocenters. The van der Waals surface area contributed by atoms with Crippen LogP contribution in [0.1, 0.15) is 18.5 Å². The van der Waals surface area contributed by atoms with E-state index in [0.29, 0.717) is 6.04 Å². The molecule has 0 spiro atoms. The van der Waals surface area contributed by atoms with E-state index in [4.69, 9.17) is 10.7 Å². The zero-order valence-electron chi connectivity index (χ0n) is 12.9. The molecule has 1 unspecified atom stereocenters. The first-order chi connectivity index (χ1) is 10.1. The lowest BCUT2D eigenvalue weighted by Gasteiger charge is -2.25. The monoisotopic (exact) mass is 284 g/mol. The maximum atomic E-state index is 6.15. The minimum atomic E-state index is 0.674. The number of likely N-dealkylation sites (N-methyl/N-ethyl adjacent to an activating group) is 2. The van der Waals surface area contributed by atoms with Gasteiger partial charge in [0.25, 0.3) is 0 Å². The average Bonchev–Trinajstić information content (AvgIpc) is 2.84. The number of nitrogens with two attached hydrogens (primary N) is 1. The van der Waals surface area contributed by atoms with E-state index in [1.54, 1.807) is 0 Å². The molecule has 0 saturated carbocycles. The maximum absolute atomic E-state index is 6.15. The molecular formula is C17H24N4. The van der Waals surface area contributed by atoms with Crippen molar-refractivity contribution >= 4 is 16.6 Å². The smallest absolute Gasteiger partial charge is 0.0726 e. The van der Waals surface area contributed by atoms with E-state index in [2.05, 4.69) is 23.9 Å². The summed E-state index contributed by atoms with van der Waals surface area (Å²) in [4.78, 5) is 9.54. The lowest BCUT2D eigenvalue weighted by molar-refractivity contribution is 0.214. The van der Waals surface area contributed by atoms with Crippen molar-refractivity contribution in [2.45, 2.75) is 25.4 Å². The van der Waals surface area contributed by atoms with Gasteiger partial charge in [-0.2, -0.15) is 0 Å². The van der Waals surface area contributed by atoms with Crippen molar-refractivity contribution < 1.29 is 0 Å². The van der Waals surface area contributed by atoms with Gasteiger partial charge in [0.15, 0.2) is 0 Å². The van der Waals surface area contributed by atoms with E-state index in [9.17, 15) is 0 Å². The van der Waals surface area contributed by atoms with Crippen LogP contribution in [-0.2, 0) is 6.54 Å². The quantitative estimate of drug-likeness (QED) is 0.936. The van der Waals surface area contributed by atoms with E-state index < -0.39 is 0 Å². The van der Waals surface area contributed by atoms with Crippen molar-refractivity contribution in [3.05, 3.63) is 36.0 Å². The standard InChI is InChI=1S/C17H24N4/c1-20(12-14-6-5-9-21(14)2)11-13-10-16(18)15-7-3-4-8-17(15)19-13/h3-4,7-8,10,14H,5-6,9,11-12H2,1-2H3,(H2,18,19). The van der Waals surface area contributed by atoms with Gasteiger partial charge in [-0.15, -0.1) is 0 Å². The lowest BCUT2D eigenvalue weighted by Crippen LogP contribution is -2.36. The first-order valence-corrected chi connectivity index (χ1v) is 7.66. The van der Waals surface area contributed by atoms with E-state index >= 15 is 0 Å². The van der Waals surface area contributed by atoms with Crippen molar-refractivity contribution in [1.29, 1.82) is 0 Å². The predicted molar refractivity (Wildman–Crippen MR) is 88.1 cm³/mol. The van der Waals surface area contributed by atoms with Crippen LogP contribution in [0.4, 0.5) is 5.69 Å². The van der Waals surface area contributed by atoms with E-state index in [1.807, 2.05) is 30.3 Å². The highest BCUT2D eigenvalue weighted by atomic mass is 15.2. The molecule has 1 aromatic heterocycles. The first kappa shape index (κ1) is 14.3. The Bertz CT molecular complexity index is 625. The Balaban J connectivity index is 1.72. The fraction of sp³-hybridized carbons (Fsp3) is 0.471. The van der Waals surface area contributed by atoms with Crippen LogP contribution >= 0.6 is 0 Å². The molecule has 2 aromatic rings. The van der Waals surface area contributed by atoms with Crippen LogP contribution < -0.4 is 5.73 Å². The van der Waals surface area contributed by atoms with Gasteiger partial charge in [0.2, 0.25) is 0 Å². The average molecular weight is 284 g/mol. The molecule has 1 aromatic carbocycles. The number of hydrogen-bond donors (Lipinski definition) is 1. The Labute approximate surface area is 126 Å². The van der Waals surface area contributed by atoms with Gasteiger partial charge < -0.3 is 10.6 Å². The second kappa shape index (κ2) is 6.00. The summed E-state index contributed by atoms with van der Waals surface area (Å²) >= 11 is 0. The highest BCUT2D eigenvalue weighted by molar-refractivity contribution is 5.90. The molecule has 1 fully saturated rings. The van der Waals surface area contributed by atoms with E-state index in [-0.39, 0.29) is 0 Å². The molecule has 4 nitrogen and oxygen atoms in total. The summed E-state index contributed by atoms with van der Waals surface area (Å²) < 4.78 is 0. The SMILES string of the molecule is CN(Cc1cc(N)c2ccccc2n1)CC1CCCN1C. The number of benzene rings is 1. The Morgan fingerprint density at radius 1 is 1.38 bits per heavy atom. The predicted octanol–water partition coefficient (Wildman–Crippen LogP) is 2.34. The molecule has 2 heterocycles. The minimum absolute atomic E-state index is 0.674. The molecule has 0 aliphatic carbocycles. The molecule has 112 valence electrons. The van der Waals surface area contributed by atoms with Crippen molar-refractivity contribution in [1.82, 2.24) is 14.8 Å². The van der Waals surface area contributed by atoms with Gasteiger partial charge in [-0.25, -0.2) is 0 Å². The normalized spacial score (nSPS) is 19.7. The number of para-hydroxylation sites is 1. The molecule has 0 bridgehead atoms. The number of pyridine rings is 1. The molecule has 21 heavy (non-hydrogen) atoms. The fourth-order valence-electron chi connectivity index (χ4n) is 3.25. The largest absolute Gasteiger partial charge is 0.398 e. The summed E-state index contributed by atoms with van der Waals surface area (Å²) in [7, 11) is 4.39. The van der Waals surface area contributed by atoms with Crippen molar-refractivity contribution in [2.75, 3.05) is 32.9 Å². The van der Waals surface area contributed by atoms with Crippen LogP contribution in [0.3, 0.4) is 0 Å². The topological polar surface area (TPSA) is 45.4 Å². The molecule has 4 heteroatoms. The molecule has 1 aliphatic rings. The van der Waals surface area contributed by atoms with Gasteiger partial charge >= 0.3 is 0 Å². The van der Waals surface area contributed by atoms with Crippen LogP contribution in [0.25, 0.3) is 10.9 Å². The summed E-state index contributed by atoms with van der Waals surface area (Å²) in [6.07, 6.45) is 2.62. The third kappa shape index (κ3) is 3.17. The number of aromatic nitrogens is 1. The number of nitrogen functional groups attached to an aromatic ring is 1. The molecule has 3 rings (SSSR count). The summed E-state index contributed by atoms with van der Waals surface area (Å²) in [5.74, 6) is 0. The Hall–Kier alpha value is -1.65. The Morgan fingerprint density at radius 3 is 2.95 bits per heavy atom. The molecule has 0 radical (unpaired) electrons. The lowest BCUT2D eigenvalue weighted by atomic mass is 10.1. The van der Waals surface area contributed by atoms with Crippen molar-refractivity contribution in [3.8, 4) is 0 Å². The number of likely N-dealkylation sites (tertiary alicyclic amines) is 1. The van der Waals surface area contributed by atoms with Gasteiger partial charge in [0.05, 0.1) is 11.2 Å². The molecule has 0 amide bonds. The molecule has 2 N–H and O–H groups in total. The fourth-order valence-corrected chi connectivity index (χ4v) is 3.25. The van der Waals surface area contributed by atoms with Crippen molar-refractivity contribution in [3.63, 3.8) is 0 Å². The summed E-state index contributed by atoms with van der Waals surface area (Å²) in [5, 5.41) is 1.04. The van der Waals surface area contributed by atoms with Crippen LogP contribution in [0.2, 0.25) is 0 Å². The first-order valence-electron chi connectivity index (χ1n) is 7.66. The number of anilines is 1. The molecular weight excluding hydrogens is 260 g/mol.